The first-order valence-electron chi connectivity index (χ1n) is 5.44. The van der Waals surface area contributed by atoms with Crippen molar-refractivity contribution in [3.63, 3.8) is 0 Å². The summed E-state index contributed by atoms with van der Waals surface area (Å²) in [5, 5.41) is 0. The Morgan fingerprint density at radius 1 is 0.750 bits per heavy atom. The molecule has 8 nitrogen and oxygen atoms in total. The molecule has 0 rings (SSSR count). The van der Waals surface area contributed by atoms with E-state index >= 15 is 0 Å². The molecule has 0 unspecified atom stereocenters. The number of hydrogen-bond acceptors (Lipinski definition) is 4. The van der Waals surface area contributed by atoms with E-state index in [1.807, 2.05) is 0 Å². The second-order valence-corrected chi connectivity index (χ2v) is 5.36. The van der Waals surface area contributed by atoms with Gasteiger partial charge in [0.15, 0.2) is 0 Å². The molecule has 20 heavy (non-hydrogen) atoms. The summed E-state index contributed by atoms with van der Waals surface area (Å²) in [4.78, 5) is 45.8. The van der Waals surface area contributed by atoms with Crippen LogP contribution in [0.15, 0.2) is 0 Å². The summed E-state index contributed by atoms with van der Waals surface area (Å²) < 4.78 is 17.5. The number of phosphoric acid groups is 2. The zero-order valence-electron chi connectivity index (χ0n) is 12.6. The van der Waals surface area contributed by atoms with Gasteiger partial charge in [0.1, 0.15) is 0 Å². The zero-order valence-corrected chi connectivity index (χ0v) is 19.5. The van der Waals surface area contributed by atoms with E-state index in [0.29, 0.717) is 0 Å². The minimum atomic E-state index is -4.89. The molecular weight excluding hydrogens is 348 g/mol. The molecule has 0 amide bonds. The summed E-state index contributed by atoms with van der Waals surface area (Å²) in [6.07, 6.45) is 8.49. The first-order chi connectivity index (χ1) is 7.91. The van der Waals surface area contributed by atoms with Crippen molar-refractivity contribution in [2.45, 2.75) is 52.4 Å². The topological polar surface area (TPSA) is 161 Å². The van der Waals surface area contributed by atoms with E-state index in [1.165, 1.54) is 38.5 Å². The second-order valence-electron chi connectivity index (χ2n) is 3.40. The SMILES string of the molecule is CCCCCCCC.O=P([O-])(O)O.O=P([O-])(O)O.[K+].[Na+]. The Labute approximate surface area is 185 Å². The maximum Gasteiger partial charge on any atom is 1.00 e. The van der Waals surface area contributed by atoms with Gasteiger partial charge in [-0.05, 0) is 0 Å². The zero-order chi connectivity index (χ0) is 15.2. The third-order valence-corrected chi connectivity index (χ3v) is 1.46. The molecule has 0 radical (unpaired) electrons. The van der Waals surface area contributed by atoms with E-state index in [1.54, 1.807) is 0 Å². The van der Waals surface area contributed by atoms with Gasteiger partial charge in [-0.25, -0.2) is 0 Å². The predicted octanol–water partition coefficient (Wildman–Crippen LogP) is -5.75. The van der Waals surface area contributed by atoms with Crippen molar-refractivity contribution in [2.24, 2.45) is 0 Å². The average Bonchev–Trinajstić information content (AvgIpc) is 2.07. The fraction of sp³-hybridized carbons (Fsp3) is 1.00. The van der Waals surface area contributed by atoms with Gasteiger partial charge in [0.05, 0.1) is 0 Å². The molecule has 4 N–H and O–H groups in total. The van der Waals surface area contributed by atoms with Crippen LogP contribution >= 0.6 is 15.6 Å². The number of rotatable bonds is 5. The van der Waals surface area contributed by atoms with E-state index in [0.717, 1.165) is 0 Å². The maximum absolute atomic E-state index is 8.77. The molecule has 0 fully saturated rings. The van der Waals surface area contributed by atoms with Crippen LogP contribution < -0.4 is 90.7 Å². The summed E-state index contributed by atoms with van der Waals surface area (Å²) in [7, 11) is -9.78. The monoisotopic (exact) mass is 370 g/mol. The minimum Gasteiger partial charge on any atom is -0.756 e. The minimum absolute atomic E-state index is 0. The number of unbranched alkanes of at least 4 members (excludes halogenated alkanes) is 5. The van der Waals surface area contributed by atoms with Crippen LogP contribution in [-0.2, 0) is 9.13 Å². The molecule has 114 valence electrons. The van der Waals surface area contributed by atoms with E-state index in [-0.39, 0.29) is 80.9 Å². The van der Waals surface area contributed by atoms with Gasteiger partial charge in [0, 0.05) is 0 Å². The molecule has 0 aliphatic carbocycles. The van der Waals surface area contributed by atoms with E-state index < -0.39 is 15.6 Å². The summed E-state index contributed by atoms with van der Waals surface area (Å²) >= 11 is 0. The summed E-state index contributed by atoms with van der Waals surface area (Å²) in [5.74, 6) is 0. The van der Waals surface area contributed by atoms with Gasteiger partial charge in [0.2, 0.25) is 0 Å². The van der Waals surface area contributed by atoms with Crippen molar-refractivity contribution in [1.82, 2.24) is 0 Å². The second kappa shape index (κ2) is 21.9. The van der Waals surface area contributed by atoms with Crippen LogP contribution in [-0.4, -0.2) is 19.6 Å². The fourth-order valence-electron chi connectivity index (χ4n) is 0.854. The fourth-order valence-corrected chi connectivity index (χ4v) is 0.854. The van der Waals surface area contributed by atoms with Gasteiger partial charge < -0.3 is 29.4 Å². The molecule has 0 atom stereocenters. The number of hydrogen-bond donors (Lipinski definition) is 4. The Bertz CT molecular complexity index is 214. The largest absolute Gasteiger partial charge is 1.00 e. The van der Waals surface area contributed by atoms with Crippen LogP contribution in [0.2, 0.25) is 0 Å². The van der Waals surface area contributed by atoms with Crippen LogP contribution in [0, 0.1) is 0 Å². The Kier molecular flexibility index (Phi) is 37.4. The Morgan fingerprint density at radius 2 is 0.900 bits per heavy atom. The molecule has 0 aliphatic rings. The predicted molar refractivity (Wildman–Crippen MR) is 63.1 cm³/mol. The van der Waals surface area contributed by atoms with Gasteiger partial charge in [-0.1, -0.05) is 52.4 Å². The third-order valence-electron chi connectivity index (χ3n) is 1.46. The smallest absolute Gasteiger partial charge is 0.756 e. The van der Waals surface area contributed by atoms with Crippen LogP contribution in [0.3, 0.4) is 0 Å². The van der Waals surface area contributed by atoms with Gasteiger partial charge in [-0.3, -0.25) is 9.13 Å². The van der Waals surface area contributed by atoms with E-state index in [2.05, 4.69) is 13.8 Å². The van der Waals surface area contributed by atoms with Gasteiger partial charge in [-0.15, -0.1) is 0 Å². The Hall–Kier alpha value is 2.86. The average molecular weight is 370 g/mol. The van der Waals surface area contributed by atoms with Crippen LogP contribution in [0.4, 0.5) is 0 Å². The molecule has 0 aromatic heterocycles. The van der Waals surface area contributed by atoms with Gasteiger partial charge >= 0.3 is 80.9 Å². The van der Waals surface area contributed by atoms with Crippen molar-refractivity contribution in [3.8, 4) is 0 Å². The van der Waals surface area contributed by atoms with E-state index in [4.69, 9.17) is 38.5 Å². The molecule has 0 aromatic carbocycles. The maximum atomic E-state index is 8.77. The molecule has 12 heteroatoms. The van der Waals surface area contributed by atoms with E-state index in [9.17, 15) is 0 Å². The normalized spacial score (nSPS) is 9.80. The van der Waals surface area contributed by atoms with Gasteiger partial charge in [-0.2, -0.15) is 0 Å². The molecule has 0 heterocycles. The van der Waals surface area contributed by atoms with Gasteiger partial charge in [0.25, 0.3) is 15.6 Å². The first-order valence-corrected chi connectivity index (χ1v) is 8.51. The van der Waals surface area contributed by atoms with Crippen LogP contribution in [0.5, 0.6) is 0 Å². The first kappa shape index (κ1) is 34.2. The van der Waals surface area contributed by atoms with Crippen molar-refractivity contribution < 1.29 is 119 Å². The molecule has 0 saturated carbocycles. The molecular formula is C8H22KNaO8P2. The standard InChI is InChI=1S/C8H18.K.Na.2H3O4P/c1-3-5-7-8-6-4-2;;;2*1-5(2,3)4/h3-8H2,1-2H3;;;2*(H3,1,2,3,4)/q;2*+1;;/p-2. The van der Waals surface area contributed by atoms with Crippen LogP contribution in [0.25, 0.3) is 0 Å². The van der Waals surface area contributed by atoms with Crippen LogP contribution in [0.1, 0.15) is 52.4 Å². The summed E-state index contributed by atoms with van der Waals surface area (Å²) in [6, 6.07) is 0. The molecule has 0 spiro atoms. The third kappa shape index (κ3) is 133. The molecule has 0 saturated heterocycles. The van der Waals surface area contributed by atoms with Crippen molar-refractivity contribution >= 4 is 15.6 Å². The van der Waals surface area contributed by atoms with Crippen molar-refractivity contribution in [1.29, 1.82) is 0 Å². The quantitative estimate of drug-likeness (QED) is 0.211. The summed E-state index contributed by atoms with van der Waals surface area (Å²) in [5.41, 5.74) is 0. The van der Waals surface area contributed by atoms with Crippen molar-refractivity contribution in [2.75, 3.05) is 0 Å². The summed E-state index contributed by atoms with van der Waals surface area (Å²) in [6.45, 7) is 4.51. The molecule has 0 aliphatic heterocycles. The Morgan fingerprint density at radius 3 is 1.00 bits per heavy atom. The van der Waals surface area contributed by atoms with Crippen molar-refractivity contribution in [3.05, 3.63) is 0 Å². The Balaban J connectivity index is -0.0000000558. The molecule has 0 bridgehead atoms. The molecule has 0 aromatic rings.